The Hall–Kier alpha value is -3.93. The molecule has 1 fully saturated rings. The zero-order valence-corrected chi connectivity index (χ0v) is 28.0. The number of rotatable bonds is 12. The Bertz CT molecular complexity index is 1360. The van der Waals surface area contributed by atoms with Crippen LogP contribution in [0.25, 0.3) is 0 Å². The number of nitrogens with zero attached hydrogens (tertiary/aromatic N) is 2. The molecule has 1 aliphatic heterocycles. The first kappa shape index (κ1) is 36.5. The van der Waals surface area contributed by atoms with Crippen LogP contribution in [0, 0.1) is 18.7 Å². The predicted octanol–water partition coefficient (Wildman–Crippen LogP) is 7.27. The van der Waals surface area contributed by atoms with Crippen molar-refractivity contribution in [1.29, 1.82) is 0 Å². The van der Waals surface area contributed by atoms with Gasteiger partial charge in [-0.1, -0.05) is 12.1 Å². The molecule has 1 N–H and O–H groups in total. The zero-order valence-electron chi connectivity index (χ0n) is 28.0. The van der Waals surface area contributed by atoms with Gasteiger partial charge in [-0.15, -0.1) is 12.8 Å². The molecule has 0 radical (unpaired) electrons. The van der Waals surface area contributed by atoms with E-state index in [1.807, 2.05) is 43.4 Å². The summed E-state index contributed by atoms with van der Waals surface area (Å²) in [6, 6.07) is 16.7. The van der Waals surface area contributed by atoms with Gasteiger partial charge in [-0.2, -0.15) is 0 Å². The lowest BCUT2D eigenvalue weighted by Gasteiger charge is -2.27. The lowest BCUT2D eigenvalue weighted by Crippen LogP contribution is -2.35. The van der Waals surface area contributed by atoms with Gasteiger partial charge in [0.2, 0.25) is 0 Å². The van der Waals surface area contributed by atoms with E-state index in [0.717, 1.165) is 56.8 Å². The van der Waals surface area contributed by atoms with Gasteiger partial charge in [0.1, 0.15) is 12.4 Å². The van der Waals surface area contributed by atoms with Gasteiger partial charge in [-0.05, 0) is 112 Å². The third-order valence-corrected chi connectivity index (χ3v) is 8.34. The Morgan fingerprint density at radius 3 is 2.30 bits per heavy atom. The highest BCUT2D eigenvalue weighted by Gasteiger charge is 2.16. The van der Waals surface area contributed by atoms with Crippen molar-refractivity contribution >= 4 is 5.69 Å². The van der Waals surface area contributed by atoms with Crippen molar-refractivity contribution in [1.82, 2.24) is 4.90 Å². The van der Waals surface area contributed by atoms with Crippen molar-refractivity contribution in [3.63, 3.8) is 0 Å². The highest BCUT2D eigenvalue weighted by molar-refractivity contribution is 5.56. The summed E-state index contributed by atoms with van der Waals surface area (Å²) < 4.78 is 36.9. The number of anilines is 1. The monoisotopic (exact) mass is 634 g/mol. The molecule has 0 saturated carbocycles. The average molecular weight is 635 g/mol. The van der Waals surface area contributed by atoms with Gasteiger partial charge in [0.05, 0.1) is 20.3 Å². The lowest BCUT2D eigenvalue weighted by atomic mass is 9.92. The van der Waals surface area contributed by atoms with Crippen LogP contribution in [0.5, 0.6) is 23.0 Å². The first-order valence-electron chi connectivity index (χ1n) is 16.2. The van der Waals surface area contributed by atoms with Gasteiger partial charge < -0.3 is 33.9 Å². The van der Waals surface area contributed by atoms with Gasteiger partial charge in [0.25, 0.3) is 0 Å². The molecule has 3 aromatic carbocycles. The van der Waals surface area contributed by atoms with Crippen LogP contribution in [0.4, 0.5) is 10.1 Å². The molecule has 1 atom stereocenters. The van der Waals surface area contributed by atoms with Crippen LogP contribution in [0.15, 0.2) is 54.6 Å². The van der Waals surface area contributed by atoms with Crippen molar-refractivity contribution in [3.8, 4) is 35.8 Å². The Morgan fingerprint density at radius 2 is 1.63 bits per heavy atom. The summed E-state index contributed by atoms with van der Waals surface area (Å²) >= 11 is 0. The number of ether oxygens (including phenoxy) is 4. The molecule has 0 bridgehead atoms. The Balaban J connectivity index is 0.000000367. The van der Waals surface area contributed by atoms with E-state index in [2.05, 4.69) is 29.6 Å². The summed E-state index contributed by atoms with van der Waals surface area (Å²) in [5, 5.41) is 9.19. The minimum atomic E-state index is -0.339. The fourth-order valence-corrected chi connectivity index (χ4v) is 5.81. The quantitative estimate of drug-likeness (QED) is 0.210. The van der Waals surface area contributed by atoms with E-state index in [4.69, 9.17) is 18.9 Å². The molecule has 0 amide bonds. The molecule has 250 valence electrons. The molecule has 0 unspecified atom stereocenters. The molecule has 5 rings (SSSR count). The number of halogens is 1. The van der Waals surface area contributed by atoms with E-state index >= 15 is 0 Å². The number of aryl methyl sites for hydroxylation is 2. The molecular formula is C38H51FN2O5. The van der Waals surface area contributed by atoms with E-state index < -0.39 is 0 Å². The number of phenolic OH excluding ortho intramolecular Hbond substituents is 1. The molecule has 1 aliphatic carbocycles. The van der Waals surface area contributed by atoms with Crippen molar-refractivity contribution in [2.24, 2.45) is 0 Å². The second kappa shape index (κ2) is 19.6. The summed E-state index contributed by atoms with van der Waals surface area (Å²) in [4.78, 5) is 4.34. The van der Waals surface area contributed by atoms with Gasteiger partial charge in [0, 0.05) is 44.5 Å². The third kappa shape index (κ3) is 11.1. The number of aromatic hydroxyl groups is 1. The largest absolute Gasteiger partial charge is 0.508 e. The standard InChI is InChI=1S/C26H37FN2O4.C10H12O.C2H2/c1-5-29(21-10-12-25(30-3)26(17-21)31-4)18-20-9-11-24(23(27)16-20)33-15-13-28(2)19-22-8-6-7-14-32-22;11-10-6-5-8-3-1-2-4-9(8)7-10;1-2/h9-12,16-17,22H,5-8,13-15,18-19H2,1-4H3;5-7,11H,1-4H2;1-2H/t22-;;/m1../s1. The van der Waals surface area contributed by atoms with E-state index in [1.54, 1.807) is 32.4 Å². The van der Waals surface area contributed by atoms with Gasteiger partial charge in [0.15, 0.2) is 23.1 Å². The number of hydrogen-bond donors (Lipinski definition) is 1. The average Bonchev–Trinajstić information content (AvgIpc) is 3.09. The number of fused-ring (bicyclic) bond motifs is 1. The molecule has 8 heteroatoms. The van der Waals surface area contributed by atoms with Crippen LogP contribution in [-0.4, -0.2) is 70.2 Å². The van der Waals surface area contributed by atoms with Crippen LogP contribution in [0.2, 0.25) is 0 Å². The van der Waals surface area contributed by atoms with Gasteiger partial charge in [-0.25, -0.2) is 4.39 Å². The zero-order chi connectivity index (χ0) is 33.3. The minimum Gasteiger partial charge on any atom is -0.508 e. The van der Waals surface area contributed by atoms with Crippen LogP contribution < -0.4 is 19.1 Å². The summed E-state index contributed by atoms with van der Waals surface area (Å²) in [5.41, 5.74) is 4.63. The SMILES string of the molecule is C#C.CCN(Cc1ccc(OCCN(C)C[C@H]2CCCCO2)c(F)c1)c1ccc(OC)c(OC)c1.Oc1ccc2c(c1)CCCC2. The second-order valence-electron chi connectivity index (χ2n) is 11.6. The summed E-state index contributed by atoms with van der Waals surface area (Å²) in [7, 11) is 5.28. The molecule has 2 aliphatic rings. The van der Waals surface area contributed by atoms with Crippen molar-refractivity contribution < 1.29 is 28.4 Å². The number of likely N-dealkylation sites (N-methyl/N-ethyl adjacent to an activating group) is 1. The fourth-order valence-electron chi connectivity index (χ4n) is 5.81. The molecule has 0 spiro atoms. The van der Waals surface area contributed by atoms with Crippen molar-refractivity contribution in [2.45, 2.75) is 64.5 Å². The highest BCUT2D eigenvalue weighted by atomic mass is 19.1. The van der Waals surface area contributed by atoms with Gasteiger partial charge in [-0.3, -0.25) is 0 Å². The minimum absolute atomic E-state index is 0.287. The Kier molecular flexibility index (Phi) is 15.5. The van der Waals surface area contributed by atoms with Crippen LogP contribution in [0.3, 0.4) is 0 Å². The van der Waals surface area contributed by atoms with Crippen LogP contribution in [-0.2, 0) is 24.1 Å². The molecule has 46 heavy (non-hydrogen) atoms. The second-order valence-corrected chi connectivity index (χ2v) is 11.6. The Labute approximate surface area is 275 Å². The molecular weight excluding hydrogens is 583 g/mol. The third-order valence-electron chi connectivity index (χ3n) is 8.34. The number of methoxy groups -OCH3 is 2. The first-order valence-corrected chi connectivity index (χ1v) is 16.2. The van der Waals surface area contributed by atoms with Gasteiger partial charge >= 0.3 is 0 Å². The van der Waals surface area contributed by atoms with Crippen molar-refractivity contribution in [2.75, 3.05) is 59.0 Å². The molecule has 1 heterocycles. The molecule has 7 nitrogen and oxygen atoms in total. The number of benzene rings is 3. The maximum absolute atomic E-state index is 14.7. The maximum atomic E-state index is 14.7. The topological polar surface area (TPSA) is 63.6 Å². The fraction of sp³-hybridized carbons (Fsp3) is 0.474. The molecule has 1 saturated heterocycles. The van der Waals surface area contributed by atoms with E-state index in [-0.39, 0.29) is 11.6 Å². The van der Waals surface area contributed by atoms with E-state index in [0.29, 0.717) is 36.5 Å². The van der Waals surface area contributed by atoms with Crippen LogP contribution >= 0.6 is 0 Å². The van der Waals surface area contributed by atoms with E-state index in [1.165, 1.54) is 36.8 Å². The number of phenols is 1. The van der Waals surface area contributed by atoms with Crippen molar-refractivity contribution in [3.05, 3.63) is 77.1 Å². The maximum Gasteiger partial charge on any atom is 0.165 e. The van der Waals surface area contributed by atoms with Crippen LogP contribution in [0.1, 0.15) is 55.7 Å². The Morgan fingerprint density at radius 1 is 0.891 bits per heavy atom. The molecule has 3 aromatic rings. The summed E-state index contributed by atoms with van der Waals surface area (Å²) in [6.45, 7) is 6.32. The predicted molar refractivity (Wildman–Crippen MR) is 184 cm³/mol. The number of hydrogen-bond acceptors (Lipinski definition) is 7. The normalized spacial score (nSPS) is 15.3. The first-order chi connectivity index (χ1) is 22.4. The van der Waals surface area contributed by atoms with E-state index in [9.17, 15) is 9.50 Å². The molecule has 0 aromatic heterocycles. The summed E-state index contributed by atoms with van der Waals surface area (Å²) in [5.74, 6) is 1.71. The number of terminal acetylenes is 1. The smallest absolute Gasteiger partial charge is 0.165 e. The highest BCUT2D eigenvalue weighted by Crippen LogP contribution is 2.32. The summed E-state index contributed by atoms with van der Waals surface area (Å²) in [6.07, 6.45) is 16.7. The lowest BCUT2D eigenvalue weighted by molar-refractivity contribution is -0.00288.